The minimum atomic E-state index is -4.49. The van der Waals surface area contributed by atoms with E-state index in [0.717, 1.165) is 24.1 Å². The summed E-state index contributed by atoms with van der Waals surface area (Å²) >= 11 is 0. The zero-order valence-corrected chi connectivity index (χ0v) is 29.4. The van der Waals surface area contributed by atoms with Gasteiger partial charge in [0.05, 0.1) is 42.4 Å². The van der Waals surface area contributed by atoms with Crippen molar-refractivity contribution in [2.75, 3.05) is 44.0 Å². The Morgan fingerprint density at radius 3 is 2.35 bits per heavy atom. The molecule has 1 aliphatic rings. The predicted octanol–water partition coefficient (Wildman–Crippen LogP) is 6.85. The highest BCUT2D eigenvalue weighted by molar-refractivity contribution is 6.00. The fourth-order valence-electron chi connectivity index (χ4n) is 5.76. The smallest absolute Gasteiger partial charge is 0.416 e. The lowest BCUT2D eigenvalue weighted by molar-refractivity contribution is -0.137. The molecule has 13 heteroatoms. The second kappa shape index (κ2) is 18.0. The molecule has 0 spiro atoms. The summed E-state index contributed by atoms with van der Waals surface area (Å²) in [6.07, 6.45) is -2.94. The molecule has 276 valence electrons. The Morgan fingerprint density at radius 1 is 1.00 bits per heavy atom. The average molecular weight is 713 g/mol. The molecule has 4 rings (SSSR count). The highest BCUT2D eigenvalue weighted by Gasteiger charge is 2.32. The first-order chi connectivity index (χ1) is 24.2. The molecule has 51 heavy (non-hydrogen) atoms. The minimum Gasteiger partial charge on any atom is -0.490 e. The summed E-state index contributed by atoms with van der Waals surface area (Å²) in [6, 6.07) is 17.3. The van der Waals surface area contributed by atoms with Crippen molar-refractivity contribution in [1.29, 1.82) is 0 Å². The highest BCUT2D eigenvalue weighted by atomic mass is 19.4. The van der Waals surface area contributed by atoms with Gasteiger partial charge in [-0.05, 0) is 81.1 Å². The standard InChI is InChI=1S/C38H47F3N4O6/c1-25-22-45(26(2)24-46)36(48)32-21-31(42-35(47)20-28-11-6-5-7-12-28)17-18-33(32)51-27(3)10-8-9-19-50-34(25)23-44(4)37(49)43-30-15-13-29(14-16-30)38(39,40)41/h5-7,11-18,21,25-27,34,46H,8-10,19-20,22-24H2,1-4H3,(H,42,47)(H,43,49)/t25-,26+,27+,34+/m0/s1. The topological polar surface area (TPSA) is 120 Å². The Morgan fingerprint density at radius 2 is 1.69 bits per heavy atom. The van der Waals surface area contributed by atoms with Crippen molar-refractivity contribution in [2.45, 2.75) is 70.9 Å². The van der Waals surface area contributed by atoms with Gasteiger partial charge in [0.1, 0.15) is 5.75 Å². The second-order valence-corrected chi connectivity index (χ2v) is 13.1. The SMILES string of the molecule is C[C@@H]1CCCCO[C@H](CN(C)C(=O)Nc2ccc(C(F)(F)F)cc2)[C@@H](C)CN([C@H](C)CO)C(=O)c2cc(NC(=O)Cc3ccccc3)ccc2O1. The number of nitrogens with zero attached hydrogens (tertiary/aromatic N) is 2. The molecular weight excluding hydrogens is 665 g/mol. The number of carbonyl (C=O) groups is 3. The van der Waals surface area contributed by atoms with Gasteiger partial charge in [0.2, 0.25) is 5.91 Å². The number of nitrogens with one attached hydrogen (secondary N) is 2. The van der Waals surface area contributed by atoms with Crippen molar-refractivity contribution in [3.05, 3.63) is 89.5 Å². The summed E-state index contributed by atoms with van der Waals surface area (Å²) in [5.74, 6) is -0.622. The number of benzene rings is 3. The van der Waals surface area contributed by atoms with Crippen LogP contribution in [0.3, 0.4) is 0 Å². The molecule has 0 radical (unpaired) electrons. The fourth-order valence-corrected chi connectivity index (χ4v) is 5.76. The number of hydrogen-bond acceptors (Lipinski definition) is 6. The van der Waals surface area contributed by atoms with Gasteiger partial charge in [-0.15, -0.1) is 0 Å². The van der Waals surface area contributed by atoms with Gasteiger partial charge in [-0.3, -0.25) is 9.59 Å². The number of fused-ring (bicyclic) bond motifs is 1. The minimum absolute atomic E-state index is 0.122. The van der Waals surface area contributed by atoms with Gasteiger partial charge < -0.3 is 35.0 Å². The summed E-state index contributed by atoms with van der Waals surface area (Å²) in [7, 11) is 1.56. The summed E-state index contributed by atoms with van der Waals surface area (Å²) in [4.78, 5) is 43.3. The average Bonchev–Trinajstić information content (AvgIpc) is 3.09. The van der Waals surface area contributed by atoms with Gasteiger partial charge in [0.25, 0.3) is 5.91 Å². The van der Waals surface area contributed by atoms with Gasteiger partial charge in [0.15, 0.2) is 0 Å². The molecule has 3 N–H and O–H groups in total. The fraction of sp³-hybridized carbons (Fsp3) is 0.447. The molecule has 1 aliphatic heterocycles. The van der Waals surface area contributed by atoms with Gasteiger partial charge in [0, 0.05) is 44.0 Å². The molecule has 0 fully saturated rings. The number of likely N-dealkylation sites (N-methyl/N-ethyl adjacent to an activating group) is 1. The number of anilines is 2. The Labute approximate surface area is 296 Å². The third-order valence-electron chi connectivity index (χ3n) is 8.81. The van der Waals surface area contributed by atoms with Gasteiger partial charge in [-0.1, -0.05) is 37.3 Å². The number of aliphatic hydroxyl groups is 1. The lowest BCUT2D eigenvalue weighted by Gasteiger charge is -2.35. The van der Waals surface area contributed by atoms with Gasteiger partial charge in [-0.2, -0.15) is 13.2 Å². The third kappa shape index (κ3) is 11.4. The Kier molecular flexibility index (Phi) is 13.9. The van der Waals surface area contributed by atoms with Crippen molar-refractivity contribution < 1.29 is 42.1 Å². The zero-order chi connectivity index (χ0) is 37.1. The van der Waals surface area contributed by atoms with Gasteiger partial charge >= 0.3 is 12.2 Å². The van der Waals surface area contributed by atoms with Crippen LogP contribution in [-0.2, 0) is 22.1 Å². The first kappa shape index (κ1) is 39.2. The number of carbonyl (C=O) groups excluding carboxylic acids is 3. The Hall–Kier alpha value is -4.62. The molecule has 0 aliphatic carbocycles. The van der Waals surface area contributed by atoms with Crippen molar-refractivity contribution in [3.63, 3.8) is 0 Å². The summed E-state index contributed by atoms with van der Waals surface area (Å²) in [5.41, 5.74) is 0.887. The Bertz CT molecular complexity index is 1610. The molecular formula is C38H47F3N4O6. The molecule has 1 heterocycles. The molecule has 0 aromatic heterocycles. The van der Waals surface area contributed by atoms with Crippen molar-refractivity contribution in [2.24, 2.45) is 5.92 Å². The van der Waals surface area contributed by atoms with E-state index < -0.39 is 35.8 Å². The zero-order valence-electron chi connectivity index (χ0n) is 29.4. The predicted molar refractivity (Wildman–Crippen MR) is 189 cm³/mol. The van der Waals surface area contributed by atoms with E-state index in [-0.39, 0.29) is 55.3 Å². The number of alkyl halides is 3. The van der Waals surface area contributed by atoms with E-state index in [4.69, 9.17) is 9.47 Å². The van der Waals surface area contributed by atoms with Crippen LogP contribution in [0.1, 0.15) is 61.5 Å². The van der Waals surface area contributed by atoms with E-state index in [0.29, 0.717) is 30.9 Å². The van der Waals surface area contributed by atoms with E-state index in [1.54, 1.807) is 32.2 Å². The quantitative estimate of drug-likeness (QED) is 0.235. The first-order valence-electron chi connectivity index (χ1n) is 17.1. The van der Waals surface area contributed by atoms with Crippen LogP contribution < -0.4 is 15.4 Å². The first-order valence-corrected chi connectivity index (χ1v) is 17.1. The molecule has 4 amide bonds. The van der Waals surface area contributed by atoms with Crippen molar-refractivity contribution in [3.8, 4) is 5.75 Å². The summed E-state index contributed by atoms with van der Waals surface area (Å²) in [5, 5.41) is 15.7. The van der Waals surface area contributed by atoms with Crippen molar-refractivity contribution >= 4 is 29.2 Å². The van der Waals surface area contributed by atoms with Crippen LogP contribution in [0.2, 0.25) is 0 Å². The van der Waals surface area contributed by atoms with Gasteiger partial charge in [-0.25, -0.2) is 4.79 Å². The molecule has 4 atom stereocenters. The highest BCUT2D eigenvalue weighted by Crippen LogP contribution is 2.31. The van der Waals surface area contributed by atoms with E-state index in [1.165, 1.54) is 21.9 Å². The number of halogens is 3. The number of ether oxygens (including phenoxy) is 2. The number of amides is 4. The van der Waals surface area contributed by atoms with E-state index in [9.17, 15) is 32.7 Å². The molecule has 3 aromatic carbocycles. The maximum Gasteiger partial charge on any atom is 0.416 e. The third-order valence-corrected chi connectivity index (χ3v) is 8.81. The maximum absolute atomic E-state index is 14.4. The number of aliphatic hydroxyl groups excluding tert-OH is 1. The monoisotopic (exact) mass is 712 g/mol. The summed E-state index contributed by atoms with van der Waals surface area (Å²) < 4.78 is 51.5. The lowest BCUT2D eigenvalue weighted by Crippen LogP contribution is -2.48. The van der Waals surface area contributed by atoms with Crippen LogP contribution in [0, 0.1) is 5.92 Å². The molecule has 3 aromatic rings. The van der Waals surface area contributed by atoms with Crippen LogP contribution in [-0.4, -0.2) is 84.4 Å². The van der Waals surface area contributed by atoms with Crippen LogP contribution in [0.15, 0.2) is 72.8 Å². The normalized spacial score (nSPS) is 19.6. The van der Waals surface area contributed by atoms with Crippen LogP contribution in [0.5, 0.6) is 5.75 Å². The molecule has 0 unspecified atom stereocenters. The molecule has 0 saturated carbocycles. The molecule has 0 saturated heterocycles. The van der Waals surface area contributed by atoms with Crippen LogP contribution >= 0.6 is 0 Å². The molecule has 10 nitrogen and oxygen atoms in total. The number of hydrogen-bond donors (Lipinski definition) is 3. The largest absolute Gasteiger partial charge is 0.490 e. The lowest BCUT2D eigenvalue weighted by atomic mass is 10.0. The van der Waals surface area contributed by atoms with Crippen LogP contribution in [0.25, 0.3) is 0 Å². The molecule has 0 bridgehead atoms. The van der Waals surface area contributed by atoms with Crippen LogP contribution in [0.4, 0.5) is 29.3 Å². The number of rotatable bonds is 8. The summed E-state index contributed by atoms with van der Waals surface area (Å²) in [6.45, 7) is 5.88. The maximum atomic E-state index is 14.4. The van der Waals surface area contributed by atoms with E-state index in [1.807, 2.05) is 44.2 Å². The van der Waals surface area contributed by atoms with E-state index >= 15 is 0 Å². The second-order valence-electron chi connectivity index (χ2n) is 13.1. The number of urea groups is 1. The Balaban J connectivity index is 1.55. The van der Waals surface area contributed by atoms with Crippen molar-refractivity contribution in [1.82, 2.24) is 9.80 Å². The van der Waals surface area contributed by atoms with E-state index in [2.05, 4.69) is 10.6 Å².